The summed E-state index contributed by atoms with van der Waals surface area (Å²) in [5, 5.41) is 3.58. The van der Waals surface area contributed by atoms with Crippen LogP contribution in [0.3, 0.4) is 0 Å². The Morgan fingerprint density at radius 1 is 1.53 bits per heavy atom. The lowest BCUT2D eigenvalue weighted by atomic mass is 10.4. The van der Waals surface area contributed by atoms with Gasteiger partial charge in [-0.1, -0.05) is 5.16 Å². The molecule has 5 nitrogen and oxygen atoms in total. The number of nitrogens with zero attached hydrogens (tertiary/aromatic N) is 3. The molecule has 0 unspecified atom stereocenters. The summed E-state index contributed by atoms with van der Waals surface area (Å²) >= 11 is 0. The predicted octanol–water partition coefficient (Wildman–Crippen LogP) is 1.49. The number of hydrogen-bond donors (Lipinski definition) is 0. The SMILES string of the molecule is Cc1noc(COc2cccnc2F)n1. The second kappa shape index (κ2) is 4.04. The summed E-state index contributed by atoms with van der Waals surface area (Å²) in [5.41, 5.74) is 0. The number of hydrogen-bond acceptors (Lipinski definition) is 5. The van der Waals surface area contributed by atoms with Crippen molar-refractivity contribution in [2.75, 3.05) is 0 Å². The molecule has 15 heavy (non-hydrogen) atoms. The van der Waals surface area contributed by atoms with Gasteiger partial charge in [0.15, 0.2) is 18.2 Å². The number of ether oxygens (including phenoxy) is 1. The van der Waals surface area contributed by atoms with Crippen LogP contribution in [0.5, 0.6) is 5.75 Å². The molecule has 0 fully saturated rings. The maximum atomic E-state index is 13.0. The lowest BCUT2D eigenvalue weighted by Gasteiger charge is -2.02. The van der Waals surface area contributed by atoms with E-state index in [2.05, 4.69) is 15.1 Å². The van der Waals surface area contributed by atoms with Crippen molar-refractivity contribution in [1.29, 1.82) is 0 Å². The minimum atomic E-state index is -0.659. The van der Waals surface area contributed by atoms with Crippen molar-refractivity contribution in [3.8, 4) is 5.75 Å². The highest BCUT2D eigenvalue weighted by Gasteiger charge is 2.06. The van der Waals surface area contributed by atoms with Crippen molar-refractivity contribution in [2.24, 2.45) is 0 Å². The van der Waals surface area contributed by atoms with E-state index in [1.165, 1.54) is 12.3 Å². The van der Waals surface area contributed by atoms with Crippen molar-refractivity contribution in [3.05, 3.63) is 36.0 Å². The van der Waals surface area contributed by atoms with Gasteiger partial charge in [0.25, 0.3) is 11.8 Å². The summed E-state index contributed by atoms with van der Waals surface area (Å²) < 4.78 is 22.9. The van der Waals surface area contributed by atoms with Gasteiger partial charge < -0.3 is 9.26 Å². The molecule has 2 heterocycles. The number of rotatable bonds is 3. The highest BCUT2D eigenvalue weighted by Crippen LogP contribution is 2.14. The maximum Gasteiger partial charge on any atom is 0.264 e. The Kier molecular flexibility index (Phi) is 2.57. The molecule has 0 N–H and O–H groups in total. The Balaban J connectivity index is 2.02. The van der Waals surface area contributed by atoms with Gasteiger partial charge in [0.1, 0.15) is 0 Å². The van der Waals surface area contributed by atoms with Crippen molar-refractivity contribution < 1.29 is 13.7 Å². The fraction of sp³-hybridized carbons (Fsp3) is 0.222. The first-order valence-electron chi connectivity index (χ1n) is 4.28. The number of aromatic nitrogens is 3. The quantitative estimate of drug-likeness (QED) is 0.716. The van der Waals surface area contributed by atoms with Gasteiger partial charge in [-0.2, -0.15) is 9.37 Å². The Morgan fingerprint density at radius 2 is 2.40 bits per heavy atom. The summed E-state index contributed by atoms with van der Waals surface area (Å²) in [6, 6.07) is 3.06. The maximum absolute atomic E-state index is 13.0. The highest BCUT2D eigenvalue weighted by molar-refractivity contribution is 5.17. The van der Waals surface area contributed by atoms with Crippen LogP contribution in [0.25, 0.3) is 0 Å². The van der Waals surface area contributed by atoms with E-state index in [-0.39, 0.29) is 12.4 Å². The Bertz CT molecular complexity index is 458. The first-order valence-corrected chi connectivity index (χ1v) is 4.28. The minimum Gasteiger partial charge on any atom is -0.479 e. The third-order valence-corrected chi connectivity index (χ3v) is 1.65. The normalized spacial score (nSPS) is 10.3. The van der Waals surface area contributed by atoms with E-state index >= 15 is 0 Å². The summed E-state index contributed by atoms with van der Waals surface area (Å²) in [5.74, 6) is 0.220. The molecule has 0 radical (unpaired) electrons. The van der Waals surface area contributed by atoms with Crippen molar-refractivity contribution in [1.82, 2.24) is 15.1 Å². The minimum absolute atomic E-state index is 0.0312. The number of aryl methyl sites for hydroxylation is 1. The topological polar surface area (TPSA) is 61.0 Å². The number of halogens is 1. The van der Waals surface area contributed by atoms with Gasteiger partial charge in [0.05, 0.1) is 0 Å². The van der Waals surface area contributed by atoms with E-state index in [4.69, 9.17) is 9.26 Å². The van der Waals surface area contributed by atoms with Gasteiger partial charge in [0.2, 0.25) is 0 Å². The largest absolute Gasteiger partial charge is 0.479 e. The van der Waals surface area contributed by atoms with E-state index in [9.17, 15) is 4.39 Å². The molecule has 0 aliphatic rings. The first-order chi connectivity index (χ1) is 7.25. The van der Waals surface area contributed by atoms with Crippen LogP contribution < -0.4 is 4.74 Å². The molecule has 78 valence electrons. The second-order valence-corrected chi connectivity index (χ2v) is 2.82. The molecule has 0 bridgehead atoms. The lowest BCUT2D eigenvalue weighted by Crippen LogP contribution is -1.98. The zero-order valence-electron chi connectivity index (χ0n) is 7.98. The van der Waals surface area contributed by atoms with E-state index in [0.717, 1.165) is 0 Å². The van der Waals surface area contributed by atoms with Crippen LogP contribution in [0, 0.1) is 12.9 Å². The van der Waals surface area contributed by atoms with E-state index in [1.807, 2.05) is 0 Å². The lowest BCUT2D eigenvalue weighted by molar-refractivity contribution is 0.232. The van der Waals surface area contributed by atoms with E-state index in [1.54, 1.807) is 13.0 Å². The standard InChI is InChI=1S/C9H8FN3O2/c1-6-12-8(15-13-6)5-14-7-3-2-4-11-9(7)10/h2-4H,5H2,1H3. The molecule has 0 spiro atoms. The molecule has 2 aromatic heterocycles. The van der Waals surface area contributed by atoms with Gasteiger partial charge in [-0.05, 0) is 19.1 Å². The average molecular weight is 209 g/mol. The van der Waals surface area contributed by atoms with Crippen molar-refractivity contribution in [2.45, 2.75) is 13.5 Å². The van der Waals surface area contributed by atoms with Crippen LogP contribution >= 0.6 is 0 Å². The fourth-order valence-corrected chi connectivity index (χ4v) is 1.02. The molecule has 0 amide bonds. The van der Waals surface area contributed by atoms with Crippen LogP contribution in [-0.2, 0) is 6.61 Å². The molecule has 2 rings (SSSR count). The van der Waals surface area contributed by atoms with Gasteiger partial charge in [-0.3, -0.25) is 0 Å². The molecule has 0 atom stereocenters. The Labute approximate surface area is 84.9 Å². The van der Waals surface area contributed by atoms with Crippen LogP contribution in [0.1, 0.15) is 11.7 Å². The van der Waals surface area contributed by atoms with E-state index < -0.39 is 5.95 Å². The fourth-order valence-electron chi connectivity index (χ4n) is 1.02. The zero-order chi connectivity index (χ0) is 10.7. The van der Waals surface area contributed by atoms with Crippen LogP contribution in [0.4, 0.5) is 4.39 Å². The first kappa shape index (κ1) is 9.57. The molecule has 0 saturated carbocycles. The van der Waals surface area contributed by atoms with Crippen LogP contribution in [-0.4, -0.2) is 15.1 Å². The summed E-state index contributed by atoms with van der Waals surface area (Å²) in [6.45, 7) is 1.72. The van der Waals surface area contributed by atoms with Crippen LogP contribution in [0.2, 0.25) is 0 Å². The molecular weight excluding hydrogens is 201 g/mol. The Morgan fingerprint density at radius 3 is 3.07 bits per heavy atom. The van der Waals surface area contributed by atoms with Crippen LogP contribution in [0.15, 0.2) is 22.9 Å². The van der Waals surface area contributed by atoms with Crippen molar-refractivity contribution >= 4 is 0 Å². The molecule has 0 aliphatic carbocycles. The Hall–Kier alpha value is -1.98. The average Bonchev–Trinajstić information content (AvgIpc) is 2.63. The highest BCUT2D eigenvalue weighted by atomic mass is 19.1. The number of pyridine rings is 1. The molecule has 0 aromatic carbocycles. The molecule has 0 aliphatic heterocycles. The van der Waals surface area contributed by atoms with Gasteiger partial charge >= 0.3 is 0 Å². The third-order valence-electron chi connectivity index (χ3n) is 1.65. The zero-order valence-corrected chi connectivity index (χ0v) is 7.98. The summed E-state index contributed by atoms with van der Waals surface area (Å²) in [7, 11) is 0. The van der Waals surface area contributed by atoms with E-state index in [0.29, 0.717) is 11.7 Å². The van der Waals surface area contributed by atoms with Gasteiger partial charge in [-0.25, -0.2) is 4.98 Å². The molecular formula is C9H8FN3O2. The smallest absolute Gasteiger partial charge is 0.264 e. The summed E-state index contributed by atoms with van der Waals surface area (Å²) in [6.07, 6.45) is 1.35. The molecule has 2 aromatic rings. The summed E-state index contributed by atoms with van der Waals surface area (Å²) in [4.78, 5) is 7.35. The van der Waals surface area contributed by atoms with Gasteiger partial charge in [-0.15, -0.1) is 0 Å². The van der Waals surface area contributed by atoms with Gasteiger partial charge in [0, 0.05) is 6.20 Å². The van der Waals surface area contributed by atoms with Crippen molar-refractivity contribution in [3.63, 3.8) is 0 Å². The predicted molar refractivity (Wildman–Crippen MR) is 47.6 cm³/mol. The second-order valence-electron chi connectivity index (χ2n) is 2.82. The third kappa shape index (κ3) is 2.28. The molecule has 6 heteroatoms. The molecule has 0 saturated heterocycles. The monoisotopic (exact) mass is 209 g/mol.